The van der Waals surface area contributed by atoms with Gasteiger partial charge in [0.25, 0.3) is 0 Å². The zero-order valence-corrected chi connectivity index (χ0v) is 39.5. The average molecular weight is 959 g/mol. The van der Waals surface area contributed by atoms with Gasteiger partial charge in [0, 0.05) is 25.3 Å². The van der Waals surface area contributed by atoms with Crippen LogP contribution in [0.5, 0.6) is 5.75 Å². The van der Waals surface area contributed by atoms with Crippen molar-refractivity contribution >= 4 is 47.4 Å². The van der Waals surface area contributed by atoms with E-state index in [2.05, 4.69) is 42.5 Å². The molecule has 1 fully saturated rings. The smallest absolute Gasteiger partial charge is 0.407 e. The third kappa shape index (κ3) is 14.9. The van der Waals surface area contributed by atoms with Crippen LogP contribution in [0.3, 0.4) is 0 Å². The number of hydrogen-bond donors (Lipinski definition) is 9. The topological polar surface area (TPSA) is 262 Å². The Morgan fingerprint density at radius 3 is 1.86 bits per heavy atom. The van der Waals surface area contributed by atoms with Crippen molar-refractivity contribution in [2.45, 2.75) is 95.4 Å². The SMILES string of the molecule is CC(C)CC1NC(=O)[C@H](Cc2ccccc2)NC(=O)CNC(=O)CNC(=O)[C@H](Cc2ccc(O)cc2)NC(=O)C(NC(=O)[C@H](C)NC(=O)OCC2c3ccccc3-c3ccccc32)CCCCNC1=O. The van der Waals surface area contributed by atoms with Gasteiger partial charge in [-0.05, 0) is 84.0 Å². The Bertz CT molecular complexity index is 2460. The molecule has 4 aromatic rings. The van der Waals surface area contributed by atoms with Crippen molar-refractivity contribution < 1.29 is 48.2 Å². The van der Waals surface area contributed by atoms with Crippen LogP contribution < -0.4 is 42.5 Å². The standard InChI is InChI=1S/C52H62N8O10/c1-31(2)25-42-48(65)53-24-12-11-19-41(58-47(64)32(3)56-52(69)70-30-40-38-17-9-7-15-36(38)37-16-8-10-18-39(37)40)50(67)60-43(27-34-20-22-35(61)23-21-34)49(66)55-28-45(62)54-29-46(63)57-44(51(68)59-42)26-33-13-5-4-6-14-33/h4-10,13-18,20-23,31-32,40-44,61H,11-12,19,24-30H2,1-3H3,(H,53,65)(H,54,62)(H,55,66)(H,56,69)(H,57,63)(H,58,64)(H,59,68)(H,60,67)/t32-,41?,42?,43-,44-/m0/s1. The molecule has 9 N–H and O–H groups in total. The van der Waals surface area contributed by atoms with Gasteiger partial charge in [-0.2, -0.15) is 0 Å². The van der Waals surface area contributed by atoms with Gasteiger partial charge in [-0.25, -0.2) is 4.79 Å². The summed E-state index contributed by atoms with van der Waals surface area (Å²) in [5, 5.41) is 31.1. The van der Waals surface area contributed by atoms with Gasteiger partial charge in [-0.1, -0.05) is 105 Å². The highest BCUT2D eigenvalue weighted by Gasteiger charge is 2.32. The summed E-state index contributed by atoms with van der Waals surface area (Å²) in [4.78, 5) is 108. The molecule has 70 heavy (non-hydrogen) atoms. The Morgan fingerprint density at radius 1 is 0.629 bits per heavy atom. The molecule has 18 nitrogen and oxygen atoms in total. The van der Waals surface area contributed by atoms with E-state index in [1.165, 1.54) is 19.1 Å². The molecule has 18 heteroatoms. The van der Waals surface area contributed by atoms with E-state index in [0.29, 0.717) is 12.0 Å². The molecule has 2 aliphatic rings. The van der Waals surface area contributed by atoms with E-state index >= 15 is 0 Å². The molecule has 8 amide bonds. The molecule has 0 spiro atoms. The fourth-order valence-electron chi connectivity index (χ4n) is 8.42. The van der Waals surface area contributed by atoms with E-state index in [9.17, 15) is 43.5 Å². The Kier molecular flexibility index (Phi) is 18.5. The summed E-state index contributed by atoms with van der Waals surface area (Å²) in [6, 6.07) is 24.9. The van der Waals surface area contributed by atoms with Gasteiger partial charge in [0.1, 0.15) is 42.6 Å². The molecule has 1 aliphatic heterocycles. The van der Waals surface area contributed by atoms with Gasteiger partial charge in [0.2, 0.25) is 41.4 Å². The lowest BCUT2D eigenvalue weighted by atomic mass is 9.98. The van der Waals surface area contributed by atoms with Crippen LogP contribution in [0.2, 0.25) is 0 Å². The van der Waals surface area contributed by atoms with E-state index in [-0.39, 0.29) is 62.8 Å². The Labute approximate surface area is 406 Å². The number of carbonyl (C=O) groups is 8. The third-order valence-electron chi connectivity index (χ3n) is 12.1. The Hall–Kier alpha value is -7.76. The molecule has 1 saturated heterocycles. The van der Waals surface area contributed by atoms with Crippen LogP contribution >= 0.6 is 0 Å². The zero-order chi connectivity index (χ0) is 50.2. The van der Waals surface area contributed by atoms with Crippen LogP contribution in [0.4, 0.5) is 4.79 Å². The summed E-state index contributed by atoms with van der Waals surface area (Å²) in [6.45, 7) is 4.25. The Morgan fingerprint density at radius 2 is 1.20 bits per heavy atom. The van der Waals surface area contributed by atoms with Crippen LogP contribution in [-0.4, -0.2) is 109 Å². The summed E-state index contributed by atoms with van der Waals surface area (Å²) in [5.74, 6) is -5.00. The summed E-state index contributed by atoms with van der Waals surface area (Å²) in [5.41, 5.74) is 5.42. The molecular formula is C52H62N8O10. The number of carbonyl (C=O) groups excluding carboxylic acids is 8. The van der Waals surface area contributed by atoms with Crippen molar-refractivity contribution in [2.24, 2.45) is 5.92 Å². The first-order valence-corrected chi connectivity index (χ1v) is 23.6. The summed E-state index contributed by atoms with van der Waals surface area (Å²) in [7, 11) is 0. The first-order chi connectivity index (χ1) is 33.6. The minimum Gasteiger partial charge on any atom is -0.508 e. The van der Waals surface area contributed by atoms with Gasteiger partial charge in [0.05, 0.1) is 13.1 Å². The van der Waals surface area contributed by atoms with Crippen LogP contribution in [0.25, 0.3) is 11.1 Å². The molecule has 0 saturated carbocycles. The number of fused-ring (bicyclic) bond motifs is 3. The highest BCUT2D eigenvalue weighted by Crippen LogP contribution is 2.44. The van der Waals surface area contributed by atoms with Gasteiger partial charge in [-0.15, -0.1) is 0 Å². The van der Waals surface area contributed by atoms with E-state index in [4.69, 9.17) is 4.74 Å². The van der Waals surface area contributed by atoms with E-state index in [0.717, 1.165) is 27.8 Å². The minimum atomic E-state index is -1.30. The monoisotopic (exact) mass is 958 g/mol. The molecule has 5 atom stereocenters. The predicted octanol–water partition coefficient (Wildman–Crippen LogP) is 2.62. The largest absolute Gasteiger partial charge is 0.508 e. The first-order valence-electron chi connectivity index (χ1n) is 23.6. The second-order valence-electron chi connectivity index (χ2n) is 18.0. The zero-order valence-electron chi connectivity index (χ0n) is 39.5. The Balaban J connectivity index is 1.17. The van der Waals surface area contributed by atoms with Crippen LogP contribution in [0.1, 0.15) is 74.6 Å². The summed E-state index contributed by atoms with van der Waals surface area (Å²) < 4.78 is 5.65. The van der Waals surface area contributed by atoms with Crippen molar-refractivity contribution in [2.75, 3.05) is 26.2 Å². The molecule has 0 aromatic heterocycles. The van der Waals surface area contributed by atoms with Crippen molar-refractivity contribution in [3.63, 3.8) is 0 Å². The maximum absolute atomic E-state index is 14.2. The van der Waals surface area contributed by atoms with Gasteiger partial charge in [0.15, 0.2) is 0 Å². The molecule has 0 bridgehead atoms. The normalized spacial score (nSPS) is 20.3. The molecule has 370 valence electrons. The number of phenolic OH excluding ortho intramolecular Hbond substituents is 1. The predicted molar refractivity (Wildman–Crippen MR) is 260 cm³/mol. The number of benzene rings is 4. The lowest BCUT2D eigenvalue weighted by molar-refractivity contribution is -0.133. The third-order valence-corrected chi connectivity index (χ3v) is 12.1. The number of rotatable bonds is 11. The number of hydrogen-bond acceptors (Lipinski definition) is 10. The van der Waals surface area contributed by atoms with Crippen molar-refractivity contribution in [1.29, 1.82) is 0 Å². The van der Waals surface area contributed by atoms with Crippen molar-refractivity contribution in [3.8, 4) is 16.9 Å². The summed E-state index contributed by atoms with van der Waals surface area (Å²) in [6.07, 6.45) is 0.0996. The fraction of sp³-hybridized carbons (Fsp3) is 0.385. The number of nitrogens with one attached hydrogen (secondary N) is 8. The summed E-state index contributed by atoms with van der Waals surface area (Å²) >= 11 is 0. The van der Waals surface area contributed by atoms with Crippen LogP contribution in [-0.2, 0) is 51.1 Å². The maximum atomic E-state index is 14.2. The van der Waals surface area contributed by atoms with Gasteiger partial charge < -0.3 is 52.4 Å². The number of ether oxygens (including phenoxy) is 1. The quantitative estimate of drug-likeness (QED) is 0.106. The lowest BCUT2D eigenvalue weighted by Gasteiger charge is -2.25. The average Bonchev–Trinajstić information content (AvgIpc) is 3.66. The molecule has 4 aromatic carbocycles. The number of aromatic hydroxyl groups is 1. The van der Waals surface area contributed by atoms with Gasteiger partial charge >= 0.3 is 6.09 Å². The molecule has 2 unspecified atom stereocenters. The second kappa shape index (κ2) is 25.0. The van der Waals surface area contributed by atoms with Gasteiger partial charge in [-0.3, -0.25) is 33.6 Å². The van der Waals surface area contributed by atoms with E-state index in [1.54, 1.807) is 36.4 Å². The second-order valence-corrected chi connectivity index (χ2v) is 18.0. The number of phenols is 1. The number of alkyl carbamates (subject to hydrolysis) is 1. The van der Waals surface area contributed by atoms with E-state index < -0.39 is 90.7 Å². The van der Waals surface area contributed by atoms with Crippen LogP contribution in [0.15, 0.2) is 103 Å². The molecule has 6 rings (SSSR count). The molecule has 0 radical (unpaired) electrons. The van der Waals surface area contributed by atoms with E-state index in [1.807, 2.05) is 68.4 Å². The molecule has 1 aliphatic carbocycles. The lowest BCUT2D eigenvalue weighted by Crippen LogP contribution is -2.57. The minimum absolute atomic E-state index is 0.00532. The van der Waals surface area contributed by atoms with Crippen LogP contribution in [0, 0.1) is 5.92 Å². The molecular weight excluding hydrogens is 897 g/mol. The number of amides is 8. The maximum Gasteiger partial charge on any atom is 0.407 e. The fourth-order valence-corrected chi connectivity index (χ4v) is 8.42. The first kappa shape index (κ1) is 51.6. The highest BCUT2D eigenvalue weighted by molar-refractivity contribution is 5.96. The van der Waals surface area contributed by atoms with Crippen molar-refractivity contribution in [1.82, 2.24) is 42.5 Å². The highest BCUT2D eigenvalue weighted by atomic mass is 16.5. The molecule has 1 heterocycles. The van der Waals surface area contributed by atoms with Crippen molar-refractivity contribution in [3.05, 3.63) is 125 Å².